The van der Waals surface area contributed by atoms with Gasteiger partial charge in [0.1, 0.15) is 4.90 Å². The van der Waals surface area contributed by atoms with Crippen LogP contribution < -0.4 is 4.72 Å². The molecule has 4 nitrogen and oxygen atoms in total. The van der Waals surface area contributed by atoms with Crippen LogP contribution in [0.15, 0.2) is 26.2 Å². The lowest BCUT2D eigenvalue weighted by atomic mass is 10.3. The number of nitrogens with one attached hydrogen (secondary N) is 1. The van der Waals surface area contributed by atoms with E-state index in [1.807, 2.05) is 12.1 Å². The van der Waals surface area contributed by atoms with Crippen molar-refractivity contribution >= 4 is 48.6 Å². The maximum absolute atomic E-state index is 12.3. The lowest BCUT2D eigenvalue weighted by molar-refractivity contribution is 0.282. The van der Waals surface area contributed by atoms with Gasteiger partial charge in [0.25, 0.3) is 0 Å². The fourth-order valence-electron chi connectivity index (χ4n) is 1.64. The van der Waals surface area contributed by atoms with E-state index < -0.39 is 10.0 Å². The first-order valence-corrected chi connectivity index (χ1v) is 9.33. The second-order valence-electron chi connectivity index (χ2n) is 3.86. The first-order chi connectivity index (χ1) is 8.94. The van der Waals surface area contributed by atoms with Gasteiger partial charge in [0.05, 0.1) is 15.3 Å². The summed E-state index contributed by atoms with van der Waals surface area (Å²) < 4.78 is 28.0. The van der Waals surface area contributed by atoms with Crippen LogP contribution in [0, 0.1) is 6.92 Å². The van der Waals surface area contributed by atoms with Gasteiger partial charge in [-0.1, -0.05) is 0 Å². The number of aryl methyl sites for hydroxylation is 1. The maximum Gasteiger partial charge on any atom is 0.242 e. The minimum Gasteiger partial charge on any atom is -0.391 e. The largest absolute Gasteiger partial charge is 0.391 e. The number of aliphatic hydroxyl groups excluding tert-OH is 1. The number of aliphatic hydroxyl groups is 1. The van der Waals surface area contributed by atoms with Gasteiger partial charge in [-0.25, -0.2) is 13.1 Å². The molecule has 2 rings (SSSR count). The molecule has 0 aliphatic carbocycles. The Kier molecular flexibility index (Phi) is 4.80. The van der Waals surface area contributed by atoms with Crippen molar-refractivity contribution in [2.75, 3.05) is 0 Å². The summed E-state index contributed by atoms with van der Waals surface area (Å²) in [6.45, 7) is 1.71. The Bertz CT molecular complexity index is 675. The monoisotopic (exact) mass is 381 g/mol. The van der Waals surface area contributed by atoms with Gasteiger partial charge in [0.2, 0.25) is 10.0 Å². The lowest BCUT2D eigenvalue weighted by Crippen LogP contribution is -2.24. The molecular formula is C11H12BrNO3S3. The van der Waals surface area contributed by atoms with Gasteiger partial charge < -0.3 is 5.11 Å². The van der Waals surface area contributed by atoms with Crippen LogP contribution in [0.1, 0.15) is 15.3 Å². The van der Waals surface area contributed by atoms with Gasteiger partial charge in [-0.05, 0) is 45.9 Å². The summed E-state index contributed by atoms with van der Waals surface area (Å²) in [7, 11) is -3.59. The predicted molar refractivity (Wildman–Crippen MR) is 81.0 cm³/mol. The van der Waals surface area contributed by atoms with Crippen LogP contribution in [0.3, 0.4) is 0 Å². The summed E-state index contributed by atoms with van der Waals surface area (Å²) in [5, 5.41) is 10.9. The van der Waals surface area contributed by atoms with Crippen molar-refractivity contribution < 1.29 is 13.5 Å². The van der Waals surface area contributed by atoms with Crippen LogP contribution in [0.25, 0.3) is 0 Å². The van der Waals surface area contributed by atoms with E-state index in [0.717, 1.165) is 8.66 Å². The molecule has 0 atom stereocenters. The van der Waals surface area contributed by atoms with E-state index >= 15 is 0 Å². The summed E-state index contributed by atoms with van der Waals surface area (Å²) in [6, 6.07) is 3.74. The molecule has 2 aromatic heterocycles. The summed E-state index contributed by atoms with van der Waals surface area (Å²) in [4.78, 5) is 1.60. The van der Waals surface area contributed by atoms with Gasteiger partial charge in [-0.3, -0.25) is 0 Å². The summed E-state index contributed by atoms with van der Waals surface area (Å²) >= 11 is 6.07. The highest BCUT2D eigenvalue weighted by Crippen LogP contribution is 2.27. The van der Waals surface area contributed by atoms with Gasteiger partial charge in [0, 0.05) is 11.4 Å². The molecule has 0 aliphatic rings. The molecule has 2 aromatic rings. The van der Waals surface area contributed by atoms with Gasteiger partial charge in [-0.15, -0.1) is 22.7 Å². The second kappa shape index (κ2) is 6.02. The lowest BCUT2D eigenvalue weighted by Gasteiger charge is -2.07. The topological polar surface area (TPSA) is 66.4 Å². The molecule has 0 aromatic carbocycles. The van der Waals surface area contributed by atoms with Crippen molar-refractivity contribution in [3.63, 3.8) is 0 Å². The molecule has 0 amide bonds. The average molecular weight is 382 g/mol. The standard InChI is InChI=1S/C11H12BrNO3S3/c1-7-6-17-9(5-14)11(7)19(15,16)13-4-8-2-3-10(12)18-8/h2-3,6,13-14H,4-5H2,1H3. The van der Waals surface area contributed by atoms with Crippen LogP contribution >= 0.6 is 38.6 Å². The molecule has 0 unspecified atom stereocenters. The fraction of sp³-hybridized carbons (Fsp3) is 0.273. The molecule has 0 spiro atoms. The molecule has 8 heteroatoms. The predicted octanol–water partition coefficient (Wildman–Crippen LogP) is 2.85. The van der Waals surface area contributed by atoms with Crippen molar-refractivity contribution in [3.8, 4) is 0 Å². The molecule has 0 saturated carbocycles. The summed E-state index contributed by atoms with van der Waals surface area (Å²) in [5.74, 6) is 0. The first-order valence-electron chi connectivity index (χ1n) is 5.35. The summed E-state index contributed by atoms with van der Waals surface area (Å²) in [6.07, 6.45) is 0. The first kappa shape index (κ1) is 15.1. The van der Waals surface area contributed by atoms with Crippen LogP contribution in [-0.2, 0) is 23.2 Å². The van der Waals surface area contributed by atoms with E-state index in [0.29, 0.717) is 10.4 Å². The van der Waals surface area contributed by atoms with Crippen LogP contribution in [0.2, 0.25) is 0 Å². The molecule has 19 heavy (non-hydrogen) atoms. The molecule has 0 radical (unpaired) electrons. The molecular weight excluding hydrogens is 370 g/mol. The van der Waals surface area contributed by atoms with Crippen LogP contribution in [-0.4, -0.2) is 13.5 Å². The number of hydrogen-bond donors (Lipinski definition) is 2. The minimum absolute atomic E-state index is 0.204. The van der Waals surface area contributed by atoms with E-state index in [1.165, 1.54) is 22.7 Å². The molecule has 0 saturated heterocycles. The van der Waals surface area contributed by atoms with Gasteiger partial charge in [-0.2, -0.15) is 0 Å². The molecule has 0 fully saturated rings. The summed E-state index contributed by atoms with van der Waals surface area (Å²) in [5.41, 5.74) is 0.661. The zero-order chi connectivity index (χ0) is 14.0. The van der Waals surface area contributed by atoms with E-state index in [-0.39, 0.29) is 18.0 Å². The quantitative estimate of drug-likeness (QED) is 0.836. The number of thiophene rings is 2. The zero-order valence-electron chi connectivity index (χ0n) is 10.0. The van der Waals surface area contributed by atoms with Crippen molar-refractivity contribution in [3.05, 3.63) is 36.6 Å². The Hall–Kier alpha value is -0.250. The highest BCUT2D eigenvalue weighted by atomic mass is 79.9. The van der Waals surface area contributed by atoms with E-state index in [2.05, 4.69) is 20.7 Å². The maximum atomic E-state index is 12.3. The highest BCUT2D eigenvalue weighted by Gasteiger charge is 2.22. The fourth-order valence-corrected chi connectivity index (χ4v) is 5.82. The van der Waals surface area contributed by atoms with Crippen LogP contribution in [0.5, 0.6) is 0 Å². The Labute approximate surface area is 128 Å². The van der Waals surface area contributed by atoms with Crippen molar-refractivity contribution in [2.24, 2.45) is 0 Å². The Morgan fingerprint density at radius 1 is 1.42 bits per heavy atom. The van der Waals surface area contributed by atoms with Gasteiger partial charge in [0.15, 0.2) is 0 Å². The van der Waals surface area contributed by atoms with Crippen molar-refractivity contribution in [2.45, 2.75) is 25.0 Å². The van der Waals surface area contributed by atoms with Gasteiger partial charge >= 0.3 is 0 Å². The SMILES string of the molecule is Cc1csc(CO)c1S(=O)(=O)NCc1ccc(Br)s1. The normalized spacial score (nSPS) is 11.9. The van der Waals surface area contributed by atoms with Crippen LogP contribution in [0.4, 0.5) is 0 Å². The number of rotatable bonds is 5. The number of hydrogen-bond acceptors (Lipinski definition) is 5. The smallest absolute Gasteiger partial charge is 0.242 e. The third kappa shape index (κ3) is 3.45. The number of sulfonamides is 1. The Balaban J connectivity index is 2.20. The average Bonchev–Trinajstić information content (AvgIpc) is 2.93. The van der Waals surface area contributed by atoms with Crippen molar-refractivity contribution in [1.82, 2.24) is 4.72 Å². The Morgan fingerprint density at radius 3 is 2.74 bits per heavy atom. The third-order valence-electron chi connectivity index (χ3n) is 2.47. The Morgan fingerprint density at radius 2 is 2.16 bits per heavy atom. The zero-order valence-corrected chi connectivity index (χ0v) is 14.0. The minimum atomic E-state index is -3.59. The molecule has 0 aliphatic heterocycles. The second-order valence-corrected chi connectivity index (χ2v) is 9.08. The van der Waals surface area contributed by atoms with Crippen molar-refractivity contribution in [1.29, 1.82) is 0 Å². The van der Waals surface area contributed by atoms with E-state index in [4.69, 9.17) is 0 Å². The van der Waals surface area contributed by atoms with E-state index in [1.54, 1.807) is 12.3 Å². The van der Waals surface area contributed by atoms with E-state index in [9.17, 15) is 13.5 Å². The molecule has 104 valence electrons. The third-order valence-corrected chi connectivity index (χ3v) is 6.94. The molecule has 2 heterocycles. The molecule has 2 N–H and O–H groups in total. The number of halogens is 1. The highest BCUT2D eigenvalue weighted by molar-refractivity contribution is 9.11. The molecule has 0 bridgehead atoms.